The normalized spacial score (nSPS) is 16.1. The van der Waals surface area contributed by atoms with Crippen molar-refractivity contribution in [3.63, 3.8) is 0 Å². The standard InChI is InChI=1S/C16H22N2O3S/c1-14-5-6-16(13-15(14)2)22(19,20)17-7-3-4-8-18-9-11-21-12-10-18/h5-6,13,17H,7-12H2,1-2H3. The van der Waals surface area contributed by atoms with E-state index < -0.39 is 10.0 Å². The van der Waals surface area contributed by atoms with Gasteiger partial charge in [-0.05, 0) is 37.1 Å². The van der Waals surface area contributed by atoms with E-state index in [1.807, 2.05) is 19.9 Å². The molecule has 0 spiro atoms. The Labute approximate surface area is 132 Å². The van der Waals surface area contributed by atoms with Crippen molar-refractivity contribution in [2.24, 2.45) is 0 Å². The molecule has 1 aliphatic rings. The average molecular weight is 322 g/mol. The minimum atomic E-state index is -3.49. The number of rotatable bonds is 4. The van der Waals surface area contributed by atoms with Gasteiger partial charge in [-0.1, -0.05) is 17.9 Å². The van der Waals surface area contributed by atoms with E-state index in [0.717, 1.165) is 37.4 Å². The summed E-state index contributed by atoms with van der Waals surface area (Å²) in [5, 5.41) is 0. The highest BCUT2D eigenvalue weighted by Crippen LogP contribution is 2.14. The zero-order valence-electron chi connectivity index (χ0n) is 13.1. The van der Waals surface area contributed by atoms with Gasteiger partial charge in [0.2, 0.25) is 10.0 Å². The number of ether oxygens (including phenoxy) is 1. The molecule has 0 unspecified atom stereocenters. The Morgan fingerprint density at radius 2 is 1.91 bits per heavy atom. The molecule has 0 atom stereocenters. The molecule has 2 rings (SSSR count). The number of morpholine rings is 1. The first-order valence-electron chi connectivity index (χ1n) is 7.32. The summed E-state index contributed by atoms with van der Waals surface area (Å²) in [5.74, 6) is 5.85. The summed E-state index contributed by atoms with van der Waals surface area (Å²) >= 11 is 0. The predicted octanol–water partition coefficient (Wildman–Crippen LogP) is 0.917. The number of sulfonamides is 1. The Hall–Kier alpha value is -1.39. The molecule has 0 aromatic heterocycles. The van der Waals surface area contributed by atoms with Crippen LogP contribution in [0.25, 0.3) is 0 Å². The molecule has 1 N–H and O–H groups in total. The van der Waals surface area contributed by atoms with Gasteiger partial charge in [0.25, 0.3) is 0 Å². The van der Waals surface area contributed by atoms with Crippen LogP contribution in [0.3, 0.4) is 0 Å². The molecule has 1 heterocycles. The molecule has 0 bridgehead atoms. The highest BCUT2D eigenvalue weighted by molar-refractivity contribution is 7.89. The second-order valence-corrected chi connectivity index (χ2v) is 7.08. The van der Waals surface area contributed by atoms with Gasteiger partial charge in [-0.2, -0.15) is 4.72 Å². The molecule has 1 saturated heterocycles. The number of nitrogens with zero attached hydrogens (tertiary/aromatic N) is 1. The van der Waals surface area contributed by atoms with Gasteiger partial charge in [-0.15, -0.1) is 0 Å². The minimum Gasteiger partial charge on any atom is -0.379 e. The van der Waals surface area contributed by atoms with E-state index in [2.05, 4.69) is 21.5 Å². The van der Waals surface area contributed by atoms with Crippen LogP contribution in [0.1, 0.15) is 11.1 Å². The third-order valence-corrected chi connectivity index (χ3v) is 5.07. The predicted molar refractivity (Wildman–Crippen MR) is 86.1 cm³/mol. The lowest BCUT2D eigenvalue weighted by molar-refractivity contribution is 0.0443. The van der Waals surface area contributed by atoms with Gasteiger partial charge in [0.1, 0.15) is 0 Å². The second-order valence-electron chi connectivity index (χ2n) is 5.31. The van der Waals surface area contributed by atoms with E-state index in [9.17, 15) is 8.42 Å². The molecular weight excluding hydrogens is 300 g/mol. The van der Waals surface area contributed by atoms with E-state index in [1.165, 1.54) is 0 Å². The Morgan fingerprint density at radius 1 is 1.18 bits per heavy atom. The van der Waals surface area contributed by atoms with Crippen LogP contribution < -0.4 is 4.72 Å². The Morgan fingerprint density at radius 3 is 2.59 bits per heavy atom. The first kappa shape index (κ1) is 17.0. The zero-order valence-corrected chi connectivity index (χ0v) is 13.9. The molecule has 1 aromatic carbocycles. The van der Waals surface area contributed by atoms with Gasteiger partial charge in [-0.3, -0.25) is 4.90 Å². The number of benzene rings is 1. The maximum Gasteiger partial charge on any atom is 0.241 e. The van der Waals surface area contributed by atoms with Crippen LogP contribution in [0.4, 0.5) is 0 Å². The number of hydrogen-bond donors (Lipinski definition) is 1. The first-order valence-corrected chi connectivity index (χ1v) is 8.80. The van der Waals surface area contributed by atoms with Crippen molar-refractivity contribution in [2.45, 2.75) is 18.7 Å². The lowest BCUT2D eigenvalue weighted by atomic mass is 10.1. The van der Waals surface area contributed by atoms with Crippen molar-refractivity contribution in [2.75, 3.05) is 39.4 Å². The van der Waals surface area contributed by atoms with Crippen molar-refractivity contribution < 1.29 is 13.2 Å². The number of nitrogens with one attached hydrogen (secondary N) is 1. The SMILES string of the molecule is Cc1ccc(S(=O)(=O)NCC#CCN2CCOCC2)cc1C. The molecule has 5 nitrogen and oxygen atoms in total. The molecule has 1 aliphatic heterocycles. The molecule has 1 aromatic rings. The summed E-state index contributed by atoms with van der Waals surface area (Å²) in [6.07, 6.45) is 0. The highest BCUT2D eigenvalue weighted by atomic mass is 32.2. The molecule has 0 saturated carbocycles. The van der Waals surface area contributed by atoms with Gasteiger partial charge in [-0.25, -0.2) is 8.42 Å². The van der Waals surface area contributed by atoms with Gasteiger partial charge in [0.15, 0.2) is 0 Å². The summed E-state index contributed by atoms with van der Waals surface area (Å²) in [7, 11) is -3.49. The van der Waals surface area contributed by atoms with E-state index in [-0.39, 0.29) is 11.4 Å². The van der Waals surface area contributed by atoms with Gasteiger partial charge in [0, 0.05) is 13.1 Å². The topological polar surface area (TPSA) is 58.6 Å². The smallest absolute Gasteiger partial charge is 0.241 e. The molecule has 22 heavy (non-hydrogen) atoms. The fourth-order valence-corrected chi connectivity index (χ4v) is 3.09. The lowest BCUT2D eigenvalue weighted by Crippen LogP contribution is -2.36. The fraction of sp³-hybridized carbons (Fsp3) is 0.500. The van der Waals surface area contributed by atoms with Crippen LogP contribution in [0, 0.1) is 25.7 Å². The highest BCUT2D eigenvalue weighted by Gasteiger charge is 2.13. The molecular formula is C16H22N2O3S. The molecule has 120 valence electrons. The summed E-state index contributed by atoms with van der Waals surface area (Å²) in [4.78, 5) is 2.47. The summed E-state index contributed by atoms with van der Waals surface area (Å²) < 4.78 is 32.1. The van der Waals surface area contributed by atoms with Crippen LogP contribution in [0.5, 0.6) is 0 Å². The maximum atomic E-state index is 12.2. The quantitative estimate of drug-likeness (QED) is 0.838. The molecule has 1 fully saturated rings. The largest absolute Gasteiger partial charge is 0.379 e. The van der Waals surface area contributed by atoms with Crippen LogP contribution in [0.15, 0.2) is 23.1 Å². The van der Waals surface area contributed by atoms with Crippen LogP contribution in [-0.4, -0.2) is 52.7 Å². The van der Waals surface area contributed by atoms with Gasteiger partial charge >= 0.3 is 0 Å². The molecule has 6 heteroatoms. The summed E-state index contributed by atoms with van der Waals surface area (Å²) in [5.41, 5.74) is 2.03. The Balaban J connectivity index is 1.86. The third-order valence-electron chi connectivity index (χ3n) is 3.67. The second kappa shape index (κ2) is 7.75. The van der Waals surface area contributed by atoms with Gasteiger partial charge in [0.05, 0.1) is 31.2 Å². The van der Waals surface area contributed by atoms with Crippen molar-refractivity contribution >= 4 is 10.0 Å². The molecule has 0 radical (unpaired) electrons. The summed E-state index contributed by atoms with van der Waals surface area (Å²) in [6.45, 7) is 7.86. The Bertz CT molecular complexity index is 668. The molecule has 0 aliphatic carbocycles. The maximum absolute atomic E-state index is 12.2. The van der Waals surface area contributed by atoms with E-state index in [4.69, 9.17) is 4.74 Å². The molecule has 0 amide bonds. The van der Waals surface area contributed by atoms with Crippen molar-refractivity contribution in [1.29, 1.82) is 0 Å². The average Bonchev–Trinajstić information content (AvgIpc) is 2.50. The van der Waals surface area contributed by atoms with Crippen molar-refractivity contribution in [3.05, 3.63) is 29.3 Å². The number of hydrogen-bond acceptors (Lipinski definition) is 4. The van der Waals surface area contributed by atoms with Crippen molar-refractivity contribution in [1.82, 2.24) is 9.62 Å². The van der Waals surface area contributed by atoms with Crippen LogP contribution in [-0.2, 0) is 14.8 Å². The van der Waals surface area contributed by atoms with Gasteiger partial charge < -0.3 is 4.74 Å². The van der Waals surface area contributed by atoms with Crippen LogP contribution in [0.2, 0.25) is 0 Å². The van der Waals surface area contributed by atoms with E-state index in [0.29, 0.717) is 6.54 Å². The summed E-state index contributed by atoms with van der Waals surface area (Å²) in [6, 6.07) is 5.11. The third kappa shape index (κ3) is 4.82. The van der Waals surface area contributed by atoms with Crippen LogP contribution >= 0.6 is 0 Å². The van der Waals surface area contributed by atoms with E-state index >= 15 is 0 Å². The monoisotopic (exact) mass is 322 g/mol. The van der Waals surface area contributed by atoms with Crippen molar-refractivity contribution in [3.8, 4) is 11.8 Å². The van der Waals surface area contributed by atoms with E-state index in [1.54, 1.807) is 12.1 Å². The first-order chi connectivity index (χ1) is 10.5. The zero-order chi connectivity index (χ0) is 16.0. The number of aryl methyl sites for hydroxylation is 2. The lowest BCUT2D eigenvalue weighted by Gasteiger charge is -2.24. The Kier molecular flexibility index (Phi) is 5.98. The minimum absolute atomic E-state index is 0.125. The fourth-order valence-electron chi connectivity index (χ4n) is 2.08.